The highest BCUT2D eigenvalue weighted by Gasteiger charge is 2.38. The number of amides is 1. The summed E-state index contributed by atoms with van der Waals surface area (Å²) < 4.78 is 39.7. The van der Waals surface area contributed by atoms with Crippen molar-refractivity contribution in [3.63, 3.8) is 0 Å². The van der Waals surface area contributed by atoms with Gasteiger partial charge in [0.25, 0.3) is 0 Å². The van der Waals surface area contributed by atoms with Crippen LogP contribution >= 0.6 is 0 Å². The Hall–Kier alpha value is -2.42. The normalized spacial score (nSPS) is 22.0. The number of piperidine rings is 1. The van der Waals surface area contributed by atoms with Crippen molar-refractivity contribution < 1.29 is 23.1 Å². The van der Waals surface area contributed by atoms with Gasteiger partial charge in [-0.3, -0.25) is 14.6 Å². The summed E-state index contributed by atoms with van der Waals surface area (Å²) in [6.07, 6.45) is -2.41. The topological polar surface area (TPSA) is 47.0 Å². The van der Waals surface area contributed by atoms with Crippen molar-refractivity contribution in [3.8, 4) is 0 Å². The van der Waals surface area contributed by atoms with Crippen LogP contribution in [0.2, 0.25) is 0 Å². The Labute approximate surface area is 224 Å². The molecular formula is C30H40F3N3O2. The molecule has 3 atom stereocenters. The van der Waals surface area contributed by atoms with Gasteiger partial charge in [-0.05, 0) is 54.4 Å². The van der Waals surface area contributed by atoms with Crippen molar-refractivity contribution in [3.05, 3.63) is 71.3 Å². The first-order valence-electron chi connectivity index (χ1n) is 13.7. The van der Waals surface area contributed by atoms with Crippen LogP contribution in [0.25, 0.3) is 0 Å². The quantitative estimate of drug-likeness (QED) is 0.520. The van der Waals surface area contributed by atoms with Gasteiger partial charge in [0.2, 0.25) is 5.91 Å². The summed E-state index contributed by atoms with van der Waals surface area (Å²) in [4.78, 5) is 18.1. The SMILES string of the molecule is CC(=O)N1CCC(CC(O)N2CCN(C(c3ccccc3)c3ccc(C(F)(F)F)cc3)C[C@@H]2C(C)C)CC1. The fraction of sp³-hybridized carbons (Fsp3) is 0.567. The number of aliphatic hydroxyl groups excluding tert-OH is 1. The van der Waals surface area contributed by atoms with Crippen molar-refractivity contribution in [2.24, 2.45) is 11.8 Å². The van der Waals surface area contributed by atoms with E-state index >= 15 is 0 Å². The van der Waals surface area contributed by atoms with Crippen molar-refractivity contribution in [1.29, 1.82) is 0 Å². The van der Waals surface area contributed by atoms with Crippen molar-refractivity contribution in [2.75, 3.05) is 32.7 Å². The molecule has 2 aliphatic rings. The second-order valence-corrected chi connectivity index (χ2v) is 11.1. The molecule has 4 rings (SSSR count). The van der Waals surface area contributed by atoms with Gasteiger partial charge in [-0.2, -0.15) is 13.2 Å². The Bertz CT molecular complexity index is 1040. The molecule has 0 bridgehead atoms. The molecule has 5 nitrogen and oxygen atoms in total. The molecule has 38 heavy (non-hydrogen) atoms. The molecule has 208 valence electrons. The van der Waals surface area contributed by atoms with E-state index in [2.05, 4.69) is 23.6 Å². The third-order valence-electron chi connectivity index (χ3n) is 8.28. The Morgan fingerprint density at radius 1 is 0.947 bits per heavy atom. The van der Waals surface area contributed by atoms with Gasteiger partial charge < -0.3 is 10.0 Å². The monoisotopic (exact) mass is 531 g/mol. The molecule has 2 aliphatic heterocycles. The predicted molar refractivity (Wildman–Crippen MR) is 142 cm³/mol. The first kappa shape index (κ1) is 28.6. The largest absolute Gasteiger partial charge is 0.416 e. The number of piperazine rings is 1. The zero-order chi connectivity index (χ0) is 27.4. The summed E-state index contributed by atoms with van der Waals surface area (Å²) in [5.74, 6) is 0.785. The number of benzene rings is 2. The van der Waals surface area contributed by atoms with E-state index in [1.807, 2.05) is 35.2 Å². The van der Waals surface area contributed by atoms with Gasteiger partial charge in [0.05, 0.1) is 11.6 Å². The number of hydrogen-bond acceptors (Lipinski definition) is 4. The fourth-order valence-corrected chi connectivity index (χ4v) is 6.07. The molecule has 0 saturated carbocycles. The molecule has 8 heteroatoms. The lowest BCUT2D eigenvalue weighted by molar-refractivity contribution is -0.137. The summed E-state index contributed by atoms with van der Waals surface area (Å²) in [7, 11) is 0. The zero-order valence-electron chi connectivity index (χ0n) is 22.6. The third-order valence-corrected chi connectivity index (χ3v) is 8.28. The maximum absolute atomic E-state index is 13.2. The molecule has 2 aromatic rings. The van der Waals surface area contributed by atoms with Crippen molar-refractivity contribution in [1.82, 2.24) is 14.7 Å². The number of halogens is 3. The van der Waals surface area contributed by atoms with Crippen LogP contribution in [-0.2, 0) is 11.0 Å². The Balaban J connectivity index is 1.50. The van der Waals surface area contributed by atoms with Crippen LogP contribution in [0, 0.1) is 11.8 Å². The van der Waals surface area contributed by atoms with Gasteiger partial charge in [0.1, 0.15) is 6.23 Å². The lowest BCUT2D eigenvalue weighted by atomic mass is 9.90. The predicted octanol–water partition coefficient (Wildman–Crippen LogP) is 5.40. The lowest BCUT2D eigenvalue weighted by Crippen LogP contribution is -2.59. The average Bonchev–Trinajstić information content (AvgIpc) is 2.89. The molecule has 0 aromatic heterocycles. The fourth-order valence-electron chi connectivity index (χ4n) is 6.07. The number of rotatable bonds is 7. The molecule has 0 spiro atoms. The number of alkyl halides is 3. The minimum Gasteiger partial charge on any atom is -0.378 e. The van der Waals surface area contributed by atoms with E-state index in [9.17, 15) is 23.1 Å². The van der Waals surface area contributed by atoms with E-state index in [1.165, 1.54) is 12.1 Å². The zero-order valence-corrected chi connectivity index (χ0v) is 22.6. The maximum Gasteiger partial charge on any atom is 0.416 e. The Kier molecular flexibility index (Phi) is 9.16. The van der Waals surface area contributed by atoms with Crippen molar-refractivity contribution in [2.45, 2.75) is 64.5 Å². The summed E-state index contributed by atoms with van der Waals surface area (Å²) >= 11 is 0. The molecular weight excluding hydrogens is 491 g/mol. The molecule has 0 aliphatic carbocycles. The van der Waals surface area contributed by atoms with E-state index in [4.69, 9.17) is 0 Å². The van der Waals surface area contributed by atoms with Gasteiger partial charge in [-0.1, -0.05) is 56.3 Å². The molecule has 2 unspecified atom stereocenters. The van der Waals surface area contributed by atoms with E-state index in [-0.39, 0.29) is 23.9 Å². The van der Waals surface area contributed by atoms with Crippen LogP contribution in [0.4, 0.5) is 13.2 Å². The summed E-state index contributed by atoms with van der Waals surface area (Å²) in [6.45, 7) is 9.51. The molecule has 2 heterocycles. The number of likely N-dealkylation sites (tertiary alicyclic amines) is 1. The first-order chi connectivity index (χ1) is 18.0. The lowest BCUT2D eigenvalue weighted by Gasteiger charge is -2.48. The number of carbonyl (C=O) groups excluding carboxylic acids is 1. The van der Waals surface area contributed by atoms with Crippen molar-refractivity contribution >= 4 is 5.91 Å². The molecule has 2 fully saturated rings. The van der Waals surface area contributed by atoms with E-state index in [1.54, 1.807) is 19.1 Å². The number of aliphatic hydroxyl groups is 1. The second-order valence-electron chi connectivity index (χ2n) is 11.1. The molecule has 2 saturated heterocycles. The highest BCUT2D eigenvalue weighted by Crippen LogP contribution is 2.36. The number of nitrogens with zero attached hydrogens (tertiary/aromatic N) is 3. The van der Waals surface area contributed by atoms with Crippen LogP contribution in [0.1, 0.15) is 62.8 Å². The van der Waals surface area contributed by atoms with Crippen LogP contribution in [0.3, 0.4) is 0 Å². The minimum absolute atomic E-state index is 0.108. The summed E-state index contributed by atoms with van der Waals surface area (Å²) in [5, 5.41) is 11.3. The van der Waals surface area contributed by atoms with Crippen LogP contribution in [-0.4, -0.2) is 70.7 Å². The smallest absolute Gasteiger partial charge is 0.378 e. The Morgan fingerprint density at radius 2 is 1.55 bits per heavy atom. The van der Waals surface area contributed by atoms with Crippen LogP contribution < -0.4 is 0 Å². The summed E-state index contributed by atoms with van der Waals surface area (Å²) in [6, 6.07) is 15.4. The highest BCUT2D eigenvalue weighted by molar-refractivity contribution is 5.73. The summed E-state index contributed by atoms with van der Waals surface area (Å²) in [5.41, 5.74) is 1.23. The number of hydrogen-bond donors (Lipinski definition) is 1. The van der Waals surface area contributed by atoms with Crippen LogP contribution in [0.15, 0.2) is 54.6 Å². The van der Waals surface area contributed by atoms with E-state index < -0.39 is 18.0 Å². The third kappa shape index (κ3) is 6.77. The van der Waals surface area contributed by atoms with Gasteiger partial charge in [0, 0.05) is 45.7 Å². The molecule has 1 N–H and O–H groups in total. The van der Waals surface area contributed by atoms with E-state index in [0.29, 0.717) is 32.0 Å². The second kappa shape index (κ2) is 12.2. The van der Waals surface area contributed by atoms with Gasteiger partial charge in [0.15, 0.2) is 0 Å². The Morgan fingerprint density at radius 3 is 2.11 bits per heavy atom. The van der Waals surface area contributed by atoms with E-state index in [0.717, 1.165) is 37.1 Å². The van der Waals surface area contributed by atoms with Gasteiger partial charge >= 0.3 is 6.18 Å². The van der Waals surface area contributed by atoms with Gasteiger partial charge in [-0.15, -0.1) is 0 Å². The molecule has 1 amide bonds. The van der Waals surface area contributed by atoms with Crippen LogP contribution in [0.5, 0.6) is 0 Å². The van der Waals surface area contributed by atoms with Gasteiger partial charge in [-0.25, -0.2) is 0 Å². The maximum atomic E-state index is 13.2. The minimum atomic E-state index is -4.37. The standard InChI is InChI=1S/C30H40F3N3O2/c1-21(2)27-20-35(17-18-36(27)28(38)19-23-13-15-34(16-14-23)22(3)37)29(24-7-5-4-6-8-24)25-9-11-26(12-10-25)30(31,32)33/h4-12,21,23,27-29,38H,13-20H2,1-3H3/t27-,28?,29?/m1/s1. The first-order valence-corrected chi connectivity index (χ1v) is 13.7. The molecule has 2 aromatic carbocycles. The highest BCUT2D eigenvalue weighted by atomic mass is 19.4. The number of carbonyl (C=O) groups is 1. The molecule has 0 radical (unpaired) electrons. The average molecular weight is 532 g/mol.